The maximum Gasteiger partial charge on any atom is 0.245 e. The lowest BCUT2D eigenvalue weighted by molar-refractivity contribution is -0.130. The Balaban J connectivity index is 1.53. The molecule has 1 saturated carbocycles. The normalized spacial score (nSPS) is 21.0. The van der Waals surface area contributed by atoms with Gasteiger partial charge in [-0.25, -0.2) is 0 Å². The van der Waals surface area contributed by atoms with E-state index in [2.05, 4.69) is 11.9 Å². The number of nitrogens with one attached hydrogen (secondary N) is 1. The van der Waals surface area contributed by atoms with E-state index in [4.69, 9.17) is 4.74 Å². The van der Waals surface area contributed by atoms with E-state index < -0.39 is 0 Å². The van der Waals surface area contributed by atoms with Crippen LogP contribution in [0.25, 0.3) is 0 Å². The van der Waals surface area contributed by atoms with Gasteiger partial charge in [-0.3, -0.25) is 9.59 Å². The number of amides is 2. The Kier molecular flexibility index (Phi) is 5.74. The molecule has 0 bridgehead atoms. The van der Waals surface area contributed by atoms with Crippen molar-refractivity contribution in [3.05, 3.63) is 36.9 Å². The molecule has 1 unspecified atom stereocenters. The number of likely N-dealkylation sites (tertiary alicyclic amines) is 1. The number of benzene rings is 1. The summed E-state index contributed by atoms with van der Waals surface area (Å²) >= 11 is 0. The lowest BCUT2D eigenvalue weighted by Crippen LogP contribution is -2.43. The number of nitrogens with zero attached hydrogens (tertiary/aromatic N) is 1. The van der Waals surface area contributed by atoms with Gasteiger partial charge in [-0.1, -0.05) is 6.58 Å². The van der Waals surface area contributed by atoms with Crippen LogP contribution in [-0.2, 0) is 9.59 Å². The maximum atomic E-state index is 12.5. The topological polar surface area (TPSA) is 58.6 Å². The third-order valence-electron chi connectivity index (χ3n) is 5.01. The van der Waals surface area contributed by atoms with Crippen LogP contribution >= 0.6 is 0 Å². The first kappa shape index (κ1) is 17.5. The van der Waals surface area contributed by atoms with Crippen molar-refractivity contribution in [3.8, 4) is 5.75 Å². The summed E-state index contributed by atoms with van der Waals surface area (Å²) in [5, 5.41) is 2.95. The third-order valence-corrected chi connectivity index (χ3v) is 5.01. The van der Waals surface area contributed by atoms with Crippen LogP contribution < -0.4 is 10.1 Å². The fourth-order valence-corrected chi connectivity index (χ4v) is 3.58. The molecular formula is C20H26N2O3. The Morgan fingerprint density at radius 2 is 1.84 bits per heavy atom. The summed E-state index contributed by atoms with van der Waals surface area (Å²) in [5.74, 6) is 0.536. The first-order chi connectivity index (χ1) is 12.2. The second-order valence-electron chi connectivity index (χ2n) is 6.87. The van der Waals surface area contributed by atoms with Gasteiger partial charge in [0.05, 0.1) is 12.0 Å². The van der Waals surface area contributed by atoms with E-state index in [-0.39, 0.29) is 17.7 Å². The summed E-state index contributed by atoms with van der Waals surface area (Å²) in [6, 6.07) is 7.56. The molecule has 0 aromatic heterocycles. The lowest BCUT2D eigenvalue weighted by atomic mass is 9.97. The Morgan fingerprint density at radius 1 is 1.12 bits per heavy atom. The number of carbonyl (C=O) groups excluding carboxylic acids is 2. The lowest BCUT2D eigenvalue weighted by Gasteiger charge is -2.31. The highest BCUT2D eigenvalue weighted by Gasteiger charge is 2.27. The SMILES string of the molecule is C=CC(=O)N1CCCC(C(=O)Nc2ccc(OC3CCCC3)cc2)C1. The van der Waals surface area contributed by atoms with Gasteiger partial charge in [-0.2, -0.15) is 0 Å². The Hall–Kier alpha value is -2.30. The first-order valence-corrected chi connectivity index (χ1v) is 9.14. The largest absolute Gasteiger partial charge is 0.490 e. The zero-order chi connectivity index (χ0) is 17.6. The monoisotopic (exact) mass is 342 g/mol. The number of ether oxygens (including phenoxy) is 1. The van der Waals surface area contributed by atoms with Crippen molar-refractivity contribution < 1.29 is 14.3 Å². The molecule has 2 fully saturated rings. The van der Waals surface area contributed by atoms with Crippen LogP contribution in [0.15, 0.2) is 36.9 Å². The van der Waals surface area contributed by atoms with Crippen LogP contribution in [0.5, 0.6) is 5.75 Å². The van der Waals surface area contributed by atoms with Gasteiger partial charge in [0.2, 0.25) is 11.8 Å². The summed E-state index contributed by atoms with van der Waals surface area (Å²) in [6.45, 7) is 4.67. The zero-order valence-electron chi connectivity index (χ0n) is 14.6. The number of rotatable bonds is 5. The molecular weight excluding hydrogens is 316 g/mol. The van der Waals surface area contributed by atoms with Crippen LogP contribution in [0.2, 0.25) is 0 Å². The smallest absolute Gasteiger partial charge is 0.245 e. The van der Waals surface area contributed by atoms with E-state index in [0.717, 1.165) is 37.1 Å². The third kappa shape index (κ3) is 4.62. The van der Waals surface area contributed by atoms with Crippen molar-refractivity contribution in [2.75, 3.05) is 18.4 Å². The number of piperidine rings is 1. The predicted molar refractivity (Wildman–Crippen MR) is 97.5 cm³/mol. The van der Waals surface area contributed by atoms with Crippen molar-refractivity contribution in [2.24, 2.45) is 5.92 Å². The fraction of sp³-hybridized carbons (Fsp3) is 0.500. The minimum Gasteiger partial charge on any atom is -0.490 e. The quantitative estimate of drug-likeness (QED) is 0.835. The van der Waals surface area contributed by atoms with Crippen LogP contribution in [0.4, 0.5) is 5.69 Å². The van der Waals surface area contributed by atoms with Crippen LogP contribution in [0, 0.1) is 5.92 Å². The first-order valence-electron chi connectivity index (χ1n) is 9.14. The van der Waals surface area contributed by atoms with Crippen molar-refractivity contribution in [3.63, 3.8) is 0 Å². The summed E-state index contributed by atoms with van der Waals surface area (Å²) in [5.41, 5.74) is 0.760. The van der Waals surface area contributed by atoms with Gasteiger partial charge in [0.25, 0.3) is 0 Å². The number of hydrogen-bond acceptors (Lipinski definition) is 3. The summed E-state index contributed by atoms with van der Waals surface area (Å²) in [6.07, 6.45) is 8.01. The average Bonchev–Trinajstić information content (AvgIpc) is 3.16. The molecule has 5 nitrogen and oxygen atoms in total. The predicted octanol–water partition coefficient (Wildman–Crippen LogP) is 3.37. The second kappa shape index (κ2) is 8.19. The molecule has 1 aliphatic heterocycles. The molecule has 1 aliphatic carbocycles. The minimum absolute atomic E-state index is 0.0361. The van der Waals surface area contributed by atoms with Crippen molar-refractivity contribution in [1.82, 2.24) is 4.90 Å². The van der Waals surface area contributed by atoms with E-state index in [1.165, 1.54) is 18.9 Å². The Labute approximate surface area is 149 Å². The molecule has 1 atom stereocenters. The molecule has 0 radical (unpaired) electrons. The highest BCUT2D eigenvalue weighted by atomic mass is 16.5. The van der Waals surface area contributed by atoms with Crippen LogP contribution in [0.3, 0.4) is 0 Å². The molecule has 1 aromatic rings. The minimum atomic E-state index is -0.174. The van der Waals surface area contributed by atoms with Crippen molar-refractivity contribution >= 4 is 17.5 Å². The molecule has 2 amide bonds. The number of anilines is 1. The van der Waals surface area contributed by atoms with Crippen LogP contribution in [-0.4, -0.2) is 35.9 Å². The fourth-order valence-electron chi connectivity index (χ4n) is 3.58. The van der Waals surface area contributed by atoms with E-state index >= 15 is 0 Å². The number of hydrogen-bond donors (Lipinski definition) is 1. The highest BCUT2D eigenvalue weighted by molar-refractivity contribution is 5.93. The van der Waals surface area contributed by atoms with Gasteiger partial charge in [-0.15, -0.1) is 0 Å². The average molecular weight is 342 g/mol. The van der Waals surface area contributed by atoms with Gasteiger partial charge >= 0.3 is 0 Å². The van der Waals surface area contributed by atoms with Gasteiger partial charge in [0.1, 0.15) is 5.75 Å². The zero-order valence-corrected chi connectivity index (χ0v) is 14.6. The standard InChI is InChI=1S/C20H26N2O3/c1-2-19(23)22-13-5-6-15(14-22)20(24)21-16-9-11-18(12-10-16)25-17-7-3-4-8-17/h2,9-12,15,17H,1,3-8,13-14H2,(H,21,24). The molecule has 1 N–H and O–H groups in total. The second-order valence-corrected chi connectivity index (χ2v) is 6.87. The van der Waals surface area contributed by atoms with E-state index in [1.807, 2.05) is 24.3 Å². The summed E-state index contributed by atoms with van der Waals surface area (Å²) < 4.78 is 5.94. The molecule has 3 rings (SSSR count). The van der Waals surface area contributed by atoms with Gasteiger partial charge in [0, 0.05) is 18.8 Å². The maximum absolute atomic E-state index is 12.5. The Morgan fingerprint density at radius 3 is 2.52 bits per heavy atom. The van der Waals surface area contributed by atoms with Gasteiger partial charge < -0.3 is 15.0 Å². The molecule has 1 aromatic carbocycles. The molecule has 5 heteroatoms. The molecule has 134 valence electrons. The van der Waals surface area contributed by atoms with Gasteiger partial charge in [0.15, 0.2) is 0 Å². The molecule has 1 saturated heterocycles. The molecule has 1 heterocycles. The Bertz CT molecular complexity index is 620. The van der Waals surface area contributed by atoms with E-state index in [0.29, 0.717) is 19.2 Å². The van der Waals surface area contributed by atoms with E-state index in [1.54, 1.807) is 4.90 Å². The summed E-state index contributed by atoms with van der Waals surface area (Å²) in [4.78, 5) is 25.9. The van der Waals surface area contributed by atoms with Crippen LogP contribution in [0.1, 0.15) is 38.5 Å². The summed E-state index contributed by atoms with van der Waals surface area (Å²) in [7, 11) is 0. The molecule has 25 heavy (non-hydrogen) atoms. The molecule has 2 aliphatic rings. The van der Waals surface area contributed by atoms with Crippen molar-refractivity contribution in [2.45, 2.75) is 44.6 Å². The highest BCUT2D eigenvalue weighted by Crippen LogP contribution is 2.25. The van der Waals surface area contributed by atoms with E-state index in [9.17, 15) is 9.59 Å². The van der Waals surface area contributed by atoms with Crippen molar-refractivity contribution in [1.29, 1.82) is 0 Å². The van der Waals surface area contributed by atoms with Gasteiger partial charge in [-0.05, 0) is 68.9 Å². The number of carbonyl (C=O) groups is 2. The molecule has 0 spiro atoms.